The average Bonchev–Trinajstić information content (AvgIpc) is 2.48. The van der Waals surface area contributed by atoms with Crippen LogP contribution in [0.2, 0.25) is 0 Å². The van der Waals surface area contributed by atoms with Gasteiger partial charge in [0, 0.05) is 44.8 Å². The molecule has 5 nitrogen and oxygen atoms in total. The molecule has 20 heavy (non-hydrogen) atoms. The third kappa shape index (κ3) is 3.87. The molecule has 2 N–H and O–H groups in total. The minimum atomic E-state index is 0.233. The van der Waals surface area contributed by atoms with Gasteiger partial charge in [0.25, 0.3) is 0 Å². The lowest BCUT2D eigenvalue weighted by Crippen LogP contribution is -2.49. The lowest BCUT2D eigenvalue weighted by molar-refractivity contribution is -0.131. The monoisotopic (exact) mass is 277 g/mol. The molecule has 0 spiro atoms. The minimum Gasteiger partial charge on any atom is -0.508 e. The molecule has 1 aliphatic rings. The molecule has 0 aliphatic carbocycles. The van der Waals surface area contributed by atoms with Gasteiger partial charge in [0.15, 0.2) is 0 Å². The van der Waals surface area contributed by atoms with Crippen LogP contribution in [-0.2, 0) is 4.79 Å². The van der Waals surface area contributed by atoms with Gasteiger partial charge < -0.3 is 20.2 Å². The third-order valence-corrected chi connectivity index (χ3v) is 3.61. The molecule has 1 aromatic rings. The lowest BCUT2D eigenvalue weighted by atomic mass is 10.2. The van der Waals surface area contributed by atoms with Crippen LogP contribution in [0.15, 0.2) is 24.3 Å². The quantitative estimate of drug-likeness (QED) is 0.790. The van der Waals surface area contributed by atoms with Crippen molar-refractivity contribution in [2.45, 2.75) is 13.3 Å². The average molecular weight is 277 g/mol. The number of hydrogen-bond donors (Lipinski definition) is 2. The molecule has 0 atom stereocenters. The van der Waals surface area contributed by atoms with E-state index in [0.717, 1.165) is 45.0 Å². The molecule has 1 aliphatic heterocycles. The van der Waals surface area contributed by atoms with E-state index in [4.69, 9.17) is 0 Å². The van der Waals surface area contributed by atoms with Crippen LogP contribution in [0.3, 0.4) is 0 Å². The number of rotatable bonds is 5. The highest BCUT2D eigenvalue weighted by Gasteiger charge is 2.20. The molecule has 1 fully saturated rings. The molecule has 0 radical (unpaired) electrons. The van der Waals surface area contributed by atoms with Crippen LogP contribution < -0.4 is 10.2 Å². The molecule has 1 saturated heterocycles. The van der Waals surface area contributed by atoms with Gasteiger partial charge in [-0.1, -0.05) is 6.92 Å². The van der Waals surface area contributed by atoms with Crippen molar-refractivity contribution in [1.29, 1.82) is 0 Å². The zero-order chi connectivity index (χ0) is 14.4. The van der Waals surface area contributed by atoms with Crippen LogP contribution in [0.5, 0.6) is 5.75 Å². The van der Waals surface area contributed by atoms with Crippen molar-refractivity contribution in [2.75, 3.05) is 44.2 Å². The number of phenols is 1. The van der Waals surface area contributed by atoms with Crippen molar-refractivity contribution in [2.24, 2.45) is 0 Å². The Balaban J connectivity index is 1.80. The van der Waals surface area contributed by atoms with Gasteiger partial charge in [-0.15, -0.1) is 0 Å². The Morgan fingerprint density at radius 3 is 2.45 bits per heavy atom. The molecule has 5 heteroatoms. The predicted octanol–water partition coefficient (Wildman–Crippen LogP) is 1.04. The highest BCUT2D eigenvalue weighted by atomic mass is 16.3. The molecule has 0 saturated carbocycles. The van der Waals surface area contributed by atoms with E-state index in [2.05, 4.69) is 10.2 Å². The fraction of sp³-hybridized carbons (Fsp3) is 0.533. The normalized spacial score (nSPS) is 15.4. The second-order valence-corrected chi connectivity index (χ2v) is 4.99. The molecule has 110 valence electrons. The number of hydrogen-bond acceptors (Lipinski definition) is 4. The first-order valence-corrected chi connectivity index (χ1v) is 7.23. The smallest absolute Gasteiger partial charge is 0.223 e. The number of nitrogens with one attached hydrogen (secondary N) is 1. The Kier molecular flexibility index (Phi) is 5.24. The Hall–Kier alpha value is -1.75. The standard InChI is InChI=1S/C15H23N3O2/c1-2-16-8-7-15(20)18-11-9-17(10-12-18)13-3-5-14(19)6-4-13/h3-6,16,19H,2,7-12H2,1H3. The van der Waals surface area contributed by atoms with E-state index in [0.29, 0.717) is 6.42 Å². The third-order valence-electron chi connectivity index (χ3n) is 3.61. The van der Waals surface area contributed by atoms with E-state index in [-0.39, 0.29) is 11.7 Å². The Morgan fingerprint density at radius 2 is 1.85 bits per heavy atom. The maximum atomic E-state index is 12.0. The number of carbonyl (C=O) groups is 1. The first-order valence-electron chi connectivity index (χ1n) is 7.23. The molecule has 0 unspecified atom stereocenters. The first kappa shape index (κ1) is 14.7. The van der Waals surface area contributed by atoms with Crippen molar-refractivity contribution in [3.05, 3.63) is 24.3 Å². The summed E-state index contributed by atoms with van der Waals surface area (Å²) in [6.45, 7) is 6.93. The van der Waals surface area contributed by atoms with Crippen LogP contribution in [0.25, 0.3) is 0 Å². The topological polar surface area (TPSA) is 55.8 Å². The SMILES string of the molecule is CCNCCC(=O)N1CCN(c2ccc(O)cc2)CC1. The fourth-order valence-corrected chi connectivity index (χ4v) is 2.41. The van der Waals surface area contributed by atoms with Crippen LogP contribution in [0, 0.1) is 0 Å². The predicted molar refractivity (Wildman–Crippen MR) is 80.1 cm³/mol. The number of benzene rings is 1. The van der Waals surface area contributed by atoms with E-state index in [1.54, 1.807) is 12.1 Å². The van der Waals surface area contributed by atoms with Crippen LogP contribution in [0.4, 0.5) is 5.69 Å². The lowest BCUT2D eigenvalue weighted by Gasteiger charge is -2.36. The molecule has 0 bridgehead atoms. The summed E-state index contributed by atoms with van der Waals surface area (Å²) in [4.78, 5) is 16.2. The number of piperazine rings is 1. The maximum absolute atomic E-state index is 12.0. The van der Waals surface area contributed by atoms with E-state index < -0.39 is 0 Å². The summed E-state index contributed by atoms with van der Waals surface area (Å²) >= 11 is 0. The van der Waals surface area contributed by atoms with Gasteiger partial charge in [-0.3, -0.25) is 4.79 Å². The fourth-order valence-electron chi connectivity index (χ4n) is 2.41. The highest BCUT2D eigenvalue weighted by Crippen LogP contribution is 2.19. The number of anilines is 1. The van der Waals surface area contributed by atoms with Gasteiger partial charge in [-0.2, -0.15) is 0 Å². The number of phenolic OH excluding ortho intramolecular Hbond substituents is 1. The van der Waals surface area contributed by atoms with Crippen LogP contribution in [-0.4, -0.2) is 55.2 Å². The van der Waals surface area contributed by atoms with Crippen molar-refractivity contribution in [1.82, 2.24) is 10.2 Å². The van der Waals surface area contributed by atoms with Gasteiger partial charge in [-0.05, 0) is 30.8 Å². The molecule has 2 rings (SSSR count). The number of aromatic hydroxyl groups is 1. The highest BCUT2D eigenvalue weighted by molar-refractivity contribution is 5.76. The number of amides is 1. The van der Waals surface area contributed by atoms with Crippen LogP contribution in [0.1, 0.15) is 13.3 Å². The van der Waals surface area contributed by atoms with Gasteiger partial charge in [-0.25, -0.2) is 0 Å². The largest absolute Gasteiger partial charge is 0.508 e. The van der Waals surface area contributed by atoms with E-state index >= 15 is 0 Å². The Bertz CT molecular complexity index is 425. The second-order valence-electron chi connectivity index (χ2n) is 4.99. The number of carbonyl (C=O) groups excluding carboxylic acids is 1. The molecule has 0 aromatic heterocycles. The van der Waals surface area contributed by atoms with Crippen molar-refractivity contribution >= 4 is 11.6 Å². The van der Waals surface area contributed by atoms with E-state index in [1.165, 1.54) is 0 Å². The summed E-state index contributed by atoms with van der Waals surface area (Å²) in [5.41, 5.74) is 1.10. The Morgan fingerprint density at radius 1 is 1.20 bits per heavy atom. The van der Waals surface area contributed by atoms with Gasteiger partial charge in [0.1, 0.15) is 5.75 Å². The molecule has 1 aromatic carbocycles. The zero-order valence-electron chi connectivity index (χ0n) is 12.0. The Labute approximate surface area is 120 Å². The summed E-state index contributed by atoms with van der Waals surface area (Å²) in [6.07, 6.45) is 0.576. The van der Waals surface area contributed by atoms with Gasteiger partial charge in [0.05, 0.1) is 0 Å². The summed E-state index contributed by atoms with van der Waals surface area (Å²) in [7, 11) is 0. The zero-order valence-corrected chi connectivity index (χ0v) is 12.0. The van der Waals surface area contributed by atoms with E-state index in [1.807, 2.05) is 24.0 Å². The summed E-state index contributed by atoms with van der Waals surface area (Å²) < 4.78 is 0. The molecular weight excluding hydrogens is 254 g/mol. The van der Waals surface area contributed by atoms with E-state index in [9.17, 15) is 9.90 Å². The molecule has 1 heterocycles. The first-order chi connectivity index (χ1) is 9.70. The van der Waals surface area contributed by atoms with Crippen molar-refractivity contribution in [3.8, 4) is 5.75 Å². The summed E-state index contributed by atoms with van der Waals surface area (Å²) in [5, 5.41) is 12.5. The summed E-state index contributed by atoms with van der Waals surface area (Å²) in [5.74, 6) is 0.516. The van der Waals surface area contributed by atoms with Crippen molar-refractivity contribution < 1.29 is 9.90 Å². The second kappa shape index (κ2) is 7.14. The molecular formula is C15H23N3O2. The van der Waals surface area contributed by atoms with Gasteiger partial charge in [0.2, 0.25) is 5.91 Å². The van der Waals surface area contributed by atoms with Crippen molar-refractivity contribution in [3.63, 3.8) is 0 Å². The minimum absolute atomic E-state index is 0.233. The van der Waals surface area contributed by atoms with Crippen LogP contribution >= 0.6 is 0 Å². The van der Waals surface area contributed by atoms with Gasteiger partial charge >= 0.3 is 0 Å². The molecule has 1 amide bonds. The maximum Gasteiger partial charge on any atom is 0.223 e. The summed E-state index contributed by atoms with van der Waals surface area (Å²) in [6, 6.07) is 7.22. The number of nitrogens with zero attached hydrogens (tertiary/aromatic N) is 2.